The van der Waals surface area contributed by atoms with Crippen molar-refractivity contribution < 1.29 is 18.5 Å². The van der Waals surface area contributed by atoms with Crippen LogP contribution in [0, 0.1) is 10.1 Å². The van der Waals surface area contributed by atoms with Crippen LogP contribution >= 0.6 is 22.6 Å². The molecule has 0 saturated heterocycles. The molecule has 0 aliphatic rings. The van der Waals surface area contributed by atoms with Gasteiger partial charge in [-0.1, -0.05) is 12.1 Å². The van der Waals surface area contributed by atoms with Gasteiger partial charge in [0.05, 0.1) is 4.92 Å². The lowest BCUT2D eigenvalue weighted by molar-refractivity contribution is -0.385. The van der Waals surface area contributed by atoms with Gasteiger partial charge in [-0.3, -0.25) is 14.9 Å². The minimum absolute atomic E-state index is 0.582. The average Bonchev–Trinajstić information content (AvgIpc) is 2.15. The van der Waals surface area contributed by atoms with Gasteiger partial charge in [0.25, 0.3) is 5.69 Å². The lowest BCUT2D eigenvalue weighted by Gasteiger charge is -2.06. The molecule has 0 spiro atoms. The Labute approximate surface area is 96.6 Å². The van der Waals surface area contributed by atoms with E-state index in [1.54, 1.807) is 0 Å². The highest BCUT2D eigenvalue weighted by Crippen LogP contribution is 2.30. The topological polar surface area (TPSA) is 60.2 Å². The molecular formula is C8H4F2INO3. The van der Waals surface area contributed by atoms with Gasteiger partial charge in [0.2, 0.25) is 5.78 Å². The minimum atomic E-state index is -3.64. The number of nitrogens with zero attached hydrogens (tertiary/aromatic N) is 1. The normalized spacial score (nSPS) is 11.1. The molecule has 0 bridgehead atoms. The second-order valence-electron chi connectivity index (χ2n) is 2.60. The Bertz CT molecular complexity index is 417. The van der Waals surface area contributed by atoms with Gasteiger partial charge in [-0.2, -0.15) is 8.78 Å². The van der Waals surface area contributed by atoms with Crippen LogP contribution in [0.3, 0.4) is 0 Å². The molecule has 0 aliphatic carbocycles. The number of carbonyl (C=O) groups excluding carboxylic acids is 1. The van der Waals surface area contributed by atoms with E-state index in [-0.39, 0.29) is 0 Å². The Kier molecular flexibility index (Phi) is 3.32. The van der Waals surface area contributed by atoms with Crippen molar-refractivity contribution in [1.29, 1.82) is 0 Å². The summed E-state index contributed by atoms with van der Waals surface area (Å²) in [6.07, 6.45) is 0. The fourth-order valence-electron chi connectivity index (χ4n) is 0.978. The van der Waals surface area contributed by atoms with Crippen molar-refractivity contribution >= 4 is 34.1 Å². The number of halogens is 3. The van der Waals surface area contributed by atoms with Crippen molar-refractivity contribution in [3.05, 3.63) is 39.9 Å². The van der Waals surface area contributed by atoms with Crippen LogP contribution in [0.5, 0.6) is 0 Å². The van der Waals surface area contributed by atoms with E-state index >= 15 is 0 Å². The second-order valence-corrected chi connectivity index (χ2v) is 3.96. The summed E-state index contributed by atoms with van der Waals surface area (Å²) in [5, 5.41) is 10.5. The highest BCUT2D eigenvalue weighted by Gasteiger charge is 2.39. The van der Waals surface area contributed by atoms with Gasteiger partial charge in [0, 0.05) is 28.7 Å². The maximum atomic E-state index is 12.7. The number of ketones is 1. The van der Waals surface area contributed by atoms with Crippen LogP contribution in [-0.2, 0) is 0 Å². The first-order chi connectivity index (χ1) is 6.84. The Morgan fingerprint density at radius 1 is 1.40 bits per heavy atom. The molecule has 80 valence electrons. The average molecular weight is 327 g/mol. The Morgan fingerprint density at radius 2 is 1.93 bits per heavy atom. The van der Waals surface area contributed by atoms with E-state index in [1.807, 2.05) is 0 Å². The van der Waals surface area contributed by atoms with Crippen LogP contribution in [-0.4, -0.2) is 14.6 Å². The number of hydrogen-bond donors (Lipinski definition) is 0. The number of para-hydroxylation sites is 1. The predicted molar refractivity (Wildman–Crippen MR) is 56.4 cm³/mol. The Balaban J connectivity index is 3.26. The molecule has 7 heteroatoms. The quantitative estimate of drug-likeness (QED) is 0.282. The number of rotatable bonds is 3. The highest BCUT2D eigenvalue weighted by atomic mass is 127. The molecule has 0 heterocycles. The van der Waals surface area contributed by atoms with Crippen molar-refractivity contribution in [2.45, 2.75) is 3.93 Å². The lowest BCUT2D eigenvalue weighted by atomic mass is 10.1. The zero-order valence-corrected chi connectivity index (χ0v) is 9.27. The van der Waals surface area contributed by atoms with E-state index in [9.17, 15) is 23.7 Å². The molecule has 1 aromatic rings. The molecule has 0 saturated carbocycles. The third kappa shape index (κ3) is 2.67. The lowest BCUT2D eigenvalue weighted by Crippen LogP contribution is -2.21. The molecule has 0 atom stereocenters. The van der Waals surface area contributed by atoms with Gasteiger partial charge in [-0.25, -0.2) is 0 Å². The fourth-order valence-corrected chi connectivity index (χ4v) is 1.27. The molecule has 0 N–H and O–H groups in total. The molecule has 4 nitrogen and oxygen atoms in total. The first kappa shape index (κ1) is 12.0. The maximum absolute atomic E-state index is 12.7. The summed E-state index contributed by atoms with van der Waals surface area (Å²) >= 11 is 0.641. The van der Waals surface area contributed by atoms with Crippen LogP contribution in [0.1, 0.15) is 10.4 Å². The summed E-state index contributed by atoms with van der Waals surface area (Å²) in [6, 6.07) is 4.62. The van der Waals surface area contributed by atoms with Gasteiger partial charge >= 0.3 is 3.93 Å². The van der Waals surface area contributed by atoms with Crippen molar-refractivity contribution in [3.8, 4) is 0 Å². The molecule has 0 unspecified atom stereocenters. The molecule has 0 radical (unpaired) electrons. The van der Waals surface area contributed by atoms with Crippen molar-refractivity contribution in [3.63, 3.8) is 0 Å². The first-order valence-electron chi connectivity index (χ1n) is 3.69. The zero-order valence-electron chi connectivity index (χ0n) is 7.12. The monoisotopic (exact) mass is 327 g/mol. The van der Waals surface area contributed by atoms with Gasteiger partial charge < -0.3 is 0 Å². The molecule has 0 aliphatic heterocycles. The van der Waals surface area contributed by atoms with E-state index in [0.29, 0.717) is 22.6 Å². The minimum Gasteiger partial charge on any atom is -0.286 e. The number of hydrogen-bond acceptors (Lipinski definition) is 3. The Morgan fingerprint density at radius 3 is 2.40 bits per heavy atom. The smallest absolute Gasteiger partial charge is 0.286 e. The molecule has 1 rings (SSSR count). The number of nitro groups is 1. The number of nitro benzene ring substituents is 1. The number of Topliss-reactive ketones (excluding diaryl/α,β-unsaturated/α-hetero) is 1. The van der Waals surface area contributed by atoms with Crippen LogP contribution in [0.15, 0.2) is 24.3 Å². The number of benzene rings is 1. The summed E-state index contributed by atoms with van der Waals surface area (Å²) in [5.74, 6) is -1.56. The standard InChI is InChI=1S/C8H4F2INO3/c9-8(10,11)7(13)5-3-1-2-4-6(5)12(14)15/h1-4H. The fraction of sp³-hybridized carbons (Fsp3) is 0.125. The summed E-state index contributed by atoms with van der Waals surface area (Å²) in [7, 11) is 0. The largest absolute Gasteiger partial charge is 0.358 e. The predicted octanol–water partition coefficient (Wildman–Crippen LogP) is 2.81. The van der Waals surface area contributed by atoms with E-state index in [1.165, 1.54) is 12.1 Å². The van der Waals surface area contributed by atoms with Crippen LogP contribution in [0.2, 0.25) is 0 Å². The Hall–Kier alpha value is -1.12. The SMILES string of the molecule is O=C(c1ccccc1[N+](=O)[O-])C(F)(F)I. The van der Waals surface area contributed by atoms with Crippen molar-refractivity contribution in [2.75, 3.05) is 0 Å². The first-order valence-corrected chi connectivity index (χ1v) is 4.77. The molecule has 0 fully saturated rings. The van der Waals surface area contributed by atoms with Crippen molar-refractivity contribution in [2.24, 2.45) is 0 Å². The molecule has 15 heavy (non-hydrogen) atoms. The summed E-state index contributed by atoms with van der Waals surface area (Å²) < 4.78 is 21.7. The molecule has 1 aromatic carbocycles. The van der Waals surface area contributed by atoms with Crippen molar-refractivity contribution in [1.82, 2.24) is 0 Å². The van der Waals surface area contributed by atoms with E-state index in [4.69, 9.17) is 0 Å². The van der Waals surface area contributed by atoms with Crippen LogP contribution < -0.4 is 0 Å². The summed E-state index contributed by atoms with van der Waals surface area (Å²) in [5.41, 5.74) is -1.19. The summed E-state index contributed by atoms with van der Waals surface area (Å²) in [6.45, 7) is 0. The zero-order chi connectivity index (χ0) is 11.6. The molecule has 0 aromatic heterocycles. The van der Waals surface area contributed by atoms with Gasteiger partial charge in [0.1, 0.15) is 5.56 Å². The van der Waals surface area contributed by atoms with E-state index < -0.39 is 25.9 Å². The van der Waals surface area contributed by atoms with Gasteiger partial charge in [-0.15, -0.1) is 0 Å². The number of alkyl halides is 3. The summed E-state index contributed by atoms with van der Waals surface area (Å²) in [4.78, 5) is 20.7. The van der Waals surface area contributed by atoms with E-state index in [0.717, 1.165) is 12.1 Å². The highest BCUT2D eigenvalue weighted by molar-refractivity contribution is 14.1. The van der Waals surface area contributed by atoms with Crippen LogP contribution in [0.4, 0.5) is 14.5 Å². The third-order valence-corrected chi connectivity index (χ3v) is 2.09. The van der Waals surface area contributed by atoms with Crippen LogP contribution in [0.25, 0.3) is 0 Å². The molecular weight excluding hydrogens is 323 g/mol. The maximum Gasteiger partial charge on any atom is 0.358 e. The third-order valence-electron chi connectivity index (χ3n) is 1.60. The number of carbonyl (C=O) groups is 1. The molecule has 0 amide bonds. The van der Waals surface area contributed by atoms with E-state index in [2.05, 4.69) is 0 Å². The second kappa shape index (κ2) is 4.17. The van der Waals surface area contributed by atoms with Gasteiger partial charge in [0.15, 0.2) is 0 Å². The van der Waals surface area contributed by atoms with Gasteiger partial charge in [-0.05, 0) is 6.07 Å².